The number of likely N-dealkylation sites (tertiary alicyclic amines) is 1. The summed E-state index contributed by atoms with van der Waals surface area (Å²) in [4.78, 5) is 2.91. The van der Waals surface area contributed by atoms with E-state index in [1.807, 2.05) is 0 Å². The maximum absolute atomic E-state index is 3.75. The third-order valence-electron chi connectivity index (χ3n) is 6.01. The molecule has 0 radical (unpaired) electrons. The molecule has 17 heavy (non-hydrogen) atoms. The van der Waals surface area contributed by atoms with Crippen LogP contribution < -0.4 is 5.32 Å². The van der Waals surface area contributed by atoms with Crippen LogP contribution >= 0.6 is 0 Å². The first-order chi connectivity index (χ1) is 8.38. The summed E-state index contributed by atoms with van der Waals surface area (Å²) in [6, 6.07) is 1.78. The molecule has 2 saturated carbocycles. The Hall–Kier alpha value is -0.0800. The van der Waals surface area contributed by atoms with E-state index in [1.165, 1.54) is 58.2 Å². The second-order valence-corrected chi connectivity index (χ2v) is 7.08. The average molecular weight is 234 g/mol. The molecule has 2 heteroatoms. The number of hydrogen-bond acceptors (Lipinski definition) is 2. The number of hydrogen-bond donors (Lipinski definition) is 1. The monoisotopic (exact) mass is 234 g/mol. The van der Waals surface area contributed by atoms with Gasteiger partial charge >= 0.3 is 0 Å². The second-order valence-electron chi connectivity index (χ2n) is 7.08. The lowest BCUT2D eigenvalue weighted by molar-refractivity contribution is 0.0560. The standard InChI is InChI=1S/C15H26N2/c1-2-12-7-11(1)9-17(10-12)15-8-14-4-3-13(15)5-6-16-14/h11-16H,1-10H2. The highest BCUT2D eigenvalue weighted by Gasteiger charge is 2.41. The van der Waals surface area contributed by atoms with Gasteiger partial charge in [0.2, 0.25) is 0 Å². The Bertz CT molecular complexity index is 275. The topological polar surface area (TPSA) is 15.3 Å². The van der Waals surface area contributed by atoms with Crippen molar-refractivity contribution in [3.8, 4) is 0 Å². The van der Waals surface area contributed by atoms with Gasteiger partial charge < -0.3 is 5.32 Å². The average Bonchev–Trinajstić information content (AvgIpc) is 2.60. The first-order valence-electron chi connectivity index (χ1n) is 7.86. The van der Waals surface area contributed by atoms with Crippen molar-refractivity contribution in [3.63, 3.8) is 0 Å². The molecule has 3 saturated heterocycles. The van der Waals surface area contributed by atoms with Crippen LogP contribution in [0.25, 0.3) is 0 Å². The maximum Gasteiger partial charge on any atom is 0.0139 e. The van der Waals surface area contributed by atoms with Gasteiger partial charge in [0.25, 0.3) is 0 Å². The lowest BCUT2D eigenvalue weighted by atomic mass is 9.80. The molecule has 0 spiro atoms. The molecule has 0 aromatic carbocycles. The third kappa shape index (κ3) is 1.94. The number of fused-ring (bicyclic) bond motifs is 6. The highest BCUT2D eigenvalue weighted by Crippen LogP contribution is 2.41. The highest BCUT2D eigenvalue weighted by atomic mass is 15.2. The fourth-order valence-corrected chi connectivity index (χ4v) is 5.17. The Labute approximate surface area is 105 Å². The Morgan fingerprint density at radius 1 is 0.824 bits per heavy atom. The van der Waals surface area contributed by atoms with Crippen LogP contribution in [-0.2, 0) is 0 Å². The zero-order chi connectivity index (χ0) is 11.2. The summed E-state index contributed by atoms with van der Waals surface area (Å²) < 4.78 is 0. The summed E-state index contributed by atoms with van der Waals surface area (Å²) in [7, 11) is 0. The van der Waals surface area contributed by atoms with Gasteiger partial charge in [-0.15, -0.1) is 0 Å². The number of piperidine rings is 1. The fraction of sp³-hybridized carbons (Fsp3) is 1.00. The van der Waals surface area contributed by atoms with Gasteiger partial charge in [0, 0.05) is 25.2 Å². The molecule has 0 amide bonds. The van der Waals surface area contributed by atoms with E-state index in [-0.39, 0.29) is 0 Å². The molecular formula is C15H26N2. The van der Waals surface area contributed by atoms with Crippen molar-refractivity contribution >= 4 is 0 Å². The number of nitrogens with zero attached hydrogens (tertiary/aromatic N) is 1. The van der Waals surface area contributed by atoms with Crippen LogP contribution in [0.5, 0.6) is 0 Å². The zero-order valence-electron chi connectivity index (χ0n) is 10.9. The van der Waals surface area contributed by atoms with Crippen LogP contribution in [0.4, 0.5) is 0 Å². The normalized spacial score (nSPS) is 50.5. The Morgan fingerprint density at radius 3 is 2.47 bits per heavy atom. The molecule has 5 fully saturated rings. The van der Waals surface area contributed by atoms with Crippen molar-refractivity contribution in [1.82, 2.24) is 10.2 Å². The fourth-order valence-electron chi connectivity index (χ4n) is 5.17. The van der Waals surface area contributed by atoms with E-state index in [2.05, 4.69) is 10.2 Å². The Balaban J connectivity index is 1.50. The second kappa shape index (κ2) is 4.24. The first kappa shape index (κ1) is 10.8. The SMILES string of the molecule is C1CC2CCC(CC2N2CC3CCC(C3)C2)N1. The molecule has 2 aliphatic carbocycles. The summed E-state index contributed by atoms with van der Waals surface area (Å²) in [5.41, 5.74) is 0. The van der Waals surface area contributed by atoms with Crippen molar-refractivity contribution < 1.29 is 0 Å². The minimum Gasteiger partial charge on any atom is -0.314 e. The van der Waals surface area contributed by atoms with Gasteiger partial charge in [-0.3, -0.25) is 4.90 Å². The van der Waals surface area contributed by atoms with Crippen molar-refractivity contribution in [2.24, 2.45) is 17.8 Å². The van der Waals surface area contributed by atoms with E-state index in [9.17, 15) is 0 Å². The van der Waals surface area contributed by atoms with E-state index >= 15 is 0 Å². The van der Waals surface area contributed by atoms with E-state index in [1.54, 1.807) is 6.42 Å². The van der Waals surface area contributed by atoms with Crippen molar-refractivity contribution in [3.05, 3.63) is 0 Å². The Morgan fingerprint density at radius 2 is 1.65 bits per heavy atom. The minimum atomic E-state index is 0.846. The quantitative estimate of drug-likeness (QED) is 0.748. The van der Waals surface area contributed by atoms with Crippen LogP contribution in [0.2, 0.25) is 0 Å². The maximum atomic E-state index is 3.75. The van der Waals surface area contributed by atoms with Gasteiger partial charge in [0.15, 0.2) is 0 Å². The van der Waals surface area contributed by atoms with Gasteiger partial charge in [0.05, 0.1) is 0 Å². The molecule has 5 rings (SSSR count). The smallest absolute Gasteiger partial charge is 0.0139 e. The molecule has 3 aliphatic heterocycles. The van der Waals surface area contributed by atoms with Gasteiger partial charge in [-0.2, -0.15) is 0 Å². The highest BCUT2D eigenvalue weighted by molar-refractivity contribution is 4.96. The summed E-state index contributed by atoms with van der Waals surface area (Å²) in [5.74, 6) is 3.13. The van der Waals surface area contributed by atoms with Crippen molar-refractivity contribution in [2.75, 3.05) is 19.6 Å². The molecule has 5 aliphatic rings. The molecule has 2 nitrogen and oxygen atoms in total. The van der Waals surface area contributed by atoms with Crippen LogP contribution in [0, 0.1) is 17.8 Å². The lowest BCUT2D eigenvalue weighted by Crippen LogP contribution is -2.50. The predicted molar refractivity (Wildman–Crippen MR) is 69.9 cm³/mol. The summed E-state index contributed by atoms with van der Waals surface area (Å²) in [5, 5.41) is 3.75. The van der Waals surface area contributed by atoms with Crippen molar-refractivity contribution in [2.45, 2.75) is 57.0 Å². The van der Waals surface area contributed by atoms with E-state index in [0.29, 0.717) is 0 Å². The summed E-state index contributed by atoms with van der Waals surface area (Å²) in [6.45, 7) is 4.15. The zero-order valence-corrected chi connectivity index (χ0v) is 10.9. The molecule has 96 valence electrons. The van der Waals surface area contributed by atoms with Gasteiger partial charge in [-0.25, -0.2) is 0 Å². The van der Waals surface area contributed by atoms with Gasteiger partial charge in [-0.1, -0.05) is 0 Å². The molecule has 0 aromatic heterocycles. The predicted octanol–water partition coefficient (Wildman–Crippen LogP) is 2.25. The number of rotatable bonds is 1. The van der Waals surface area contributed by atoms with E-state index in [4.69, 9.17) is 0 Å². The molecule has 0 aromatic rings. The van der Waals surface area contributed by atoms with Crippen LogP contribution in [0.3, 0.4) is 0 Å². The van der Waals surface area contributed by atoms with Crippen LogP contribution in [0.15, 0.2) is 0 Å². The molecule has 5 unspecified atom stereocenters. The van der Waals surface area contributed by atoms with E-state index < -0.39 is 0 Å². The number of nitrogens with one attached hydrogen (secondary N) is 1. The molecular weight excluding hydrogens is 208 g/mol. The van der Waals surface area contributed by atoms with Gasteiger partial charge in [-0.05, 0) is 69.2 Å². The lowest BCUT2D eigenvalue weighted by Gasteiger charge is -2.44. The summed E-state index contributed by atoms with van der Waals surface area (Å²) in [6.07, 6.45) is 10.4. The van der Waals surface area contributed by atoms with Crippen LogP contribution in [0.1, 0.15) is 44.9 Å². The van der Waals surface area contributed by atoms with Crippen LogP contribution in [-0.4, -0.2) is 36.6 Å². The molecule has 4 bridgehead atoms. The molecule has 3 heterocycles. The summed E-state index contributed by atoms with van der Waals surface area (Å²) >= 11 is 0. The minimum absolute atomic E-state index is 0.846. The third-order valence-corrected chi connectivity index (χ3v) is 6.01. The Kier molecular flexibility index (Phi) is 2.69. The largest absolute Gasteiger partial charge is 0.314 e. The first-order valence-corrected chi connectivity index (χ1v) is 7.86. The molecule has 1 N–H and O–H groups in total. The van der Waals surface area contributed by atoms with E-state index in [0.717, 1.165) is 29.8 Å². The van der Waals surface area contributed by atoms with Crippen molar-refractivity contribution in [1.29, 1.82) is 0 Å². The molecule has 5 atom stereocenters. The van der Waals surface area contributed by atoms with Gasteiger partial charge in [0.1, 0.15) is 0 Å².